The van der Waals surface area contributed by atoms with Crippen LogP contribution in [0.15, 0.2) is 23.1 Å². The van der Waals surface area contributed by atoms with Gasteiger partial charge in [0.25, 0.3) is 5.91 Å². The maximum absolute atomic E-state index is 14.1. The molecule has 47 heavy (non-hydrogen) atoms. The summed E-state index contributed by atoms with van der Waals surface area (Å²) in [6.45, 7) is 0. The van der Waals surface area contributed by atoms with Gasteiger partial charge in [-0.25, -0.2) is 22.9 Å². The van der Waals surface area contributed by atoms with Crippen molar-refractivity contribution in [1.82, 2.24) is 55.8 Å². The van der Waals surface area contributed by atoms with Crippen LogP contribution in [-0.2, 0) is 24.7 Å². The van der Waals surface area contributed by atoms with E-state index in [0.29, 0.717) is 22.6 Å². The first-order valence-electron chi connectivity index (χ1n) is 15.2. The number of hydrogen-bond acceptors (Lipinski definition) is 10. The predicted molar refractivity (Wildman–Crippen MR) is 148 cm³/mol. The molecule has 0 radical (unpaired) electrons. The fourth-order valence-electron chi connectivity index (χ4n) is 6.70. The summed E-state index contributed by atoms with van der Waals surface area (Å²) < 4.78 is 75.6. The van der Waals surface area contributed by atoms with Gasteiger partial charge in [-0.2, -0.15) is 23.1 Å². The zero-order valence-corrected chi connectivity index (χ0v) is 25.0. The highest BCUT2D eigenvalue weighted by Crippen LogP contribution is 2.44. The van der Waals surface area contributed by atoms with E-state index in [2.05, 4.69) is 46.4 Å². The lowest BCUT2D eigenvalue weighted by Crippen LogP contribution is -2.39. The van der Waals surface area contributed by atoms with E-state index < -0.39 is 47.8 Å². The first-order chi connectivity index (χ1) is 22.3. The molecule has 2 aliphatic carbocycles. The van der Waals surface area contributed by atoms with Gasteiger partial charge in [0.15, 0.2) is 17.2 Å². The number of fused-ring (bicyclic) bond motifs is 1. The Kier molecular flexibility index (Phi) is 7.46. The zero-order valence-electron chi connectivity index (χ0n) is 25.0. The molecule has 0 bridgehead atoms. The molecule has 2 N–H and O–H groups in total. The maximum atomic E-state index is 14.1. The van der Waals surface area contributed by atoms with Gasteiger partial charge < -0.3 is 10.6 Å². The van der Waals surface area contributed by atoms with Gasteiger partial charge in [-0.1, -0.05) is 5.16 Å². The van der Waals surface area contributed by atoms with Crippen LogP contribution in [-0.4, -0.2) is 75.1 Å². The minimum atomic E-state index is -4.66. The molecule has 7 rings (SSSR count). The van der Waals surface area contributed by atoms with Crippen molar-refractivity contribution in [3.63, 3.8) is 0 Å². The van der Waals surface area contributed by atoms with E-state index in [9.17, 15) is 31.5 Å². The Bertz CT molecular complexity index is 1810. The normalized spacial score (nSPS) is 24.0. The summed E-state index contributed by atoms with van der Waals surface area (Å²) in [6, 6.07) is -1.24. The van der Waals surface area contributed by atoms with Crippen molar-refractivity contribution in [2.24, 2.45) is 18.4 Å². The third-order valence-corrected chi connectivity index (χ3v) is 9.29. The van der Waals surface area contributed by atoms with Crippen LogP contribution >= 0.6 is 0 Å². The van der Waals surface area contributed by atoms with E-state index in [-0.39, 0.29) is 61.9 Å². The van der Waals surface area contributed by atoms with Gasteiger partial charge in [0.1, 0.15) is 11.7 Å². The van der Waals surface area contributed by atoms with Gasteiger partial charge in [-0.3, -0.25) is 9.59 Å². The Labute approximate surface area is 262 Å². The SMILES string of the molecule is Cn1nnc(C[C@]2(Cc3cnn4cc([C@@H](NC(=O)c5nonc5C5CC5)C5CCC(F)(F)CC5)nc4c3)C[C@@H](C(F)(F)F)NC2=O)n1. The number of nitrogens with zero attached hydrogens (tertiary/aromatic N) is 9. The fraction of sp³-hybridized carbons (Fsp3) is 0.607. The third-order valence-electron chi connectivity index (χ3n) is 9.29. The molecule has 0 spiro atoms. The molecule has 3 fully saturated rings. The smallest absolute Gasteiger partial charge is 0.344 e. The Morgan fingerprint density at radius 1 is 1.17 bits per heavy atom. The summed E-state index contributed by atoms with van der Waals surface area (Å²) in [5.74, 6) is -4.34. The second kappa shape index (κ2) is 11.3. The Hall–Kier alpha value is -4.58. The van der Waals surface area contributed by atoms with Gasteiger partial charge in [-0.05, 0) is 66.4 Å². The Morgan fingerprint density at radius 2 is 1.94 bits per heavy atom. The minimum Gasteiger partial charge on any atom is -0.344 e. The highest BCUT2D eigenvalue weighted by molar-refractivity contribution is 5.93. The predicted octanol–water partition coefficient (Wildman–Crippen LogP) is 3.03. The zero-order chi connectivity index (χ0) is 33.1. The minimum absolute atomic E-state index is 0.0395. The third kappa shape index (κ3) is 6.26. The van der Waals surface area contributed by atoms with E-state index in [1.807, 2.05) is 0 Å². The van der Waals surface area contributed by atoms with Gasteiger partial charge in [0.05, 0.1) is 36.6 Å². The molecule has 3 atom stereocenters. The first kappa shape index (κ1) is 31.0. The van der Waals surface area contributed by atoms with Gasteiger partial charge in [0, 0.05) is 25.2 Å². The summed E-state index contributed by atoms with van der Waals surface area (Å²) in [5, 5.41) is 28.7. The van der Waals surface area contributed by atoms with Crippen molar-refractivity contribution < 1.29 is 36.2 Å². The molecule has 2 saturated carbocycles. The van der Waals surface area contributed by atoms with Crippen molar-refractivity contribution in [3.05, 3.63) is 46.9 Å². The number of aryl methyl sites for hydroxylation is 1. The summed E-state index contributed by atoms with van der Waals surface area (Å²) in [5.41, 5.74) is 0.0185. The van der Waals surface area contributed by atoms with Crippen molar-refractivity contribution in [3.8, 4) is 0 Å². The summed E-state index contributed by atoms with van der Waals surface area (Å²) in [4.78, 5) is 32.4. The summed E-state index contributed by atoms with van der Waals surface area (Å²) in [7, 11) is 1.51. The molecule has 19 heteroatoms. The fourth-order valence-corrected chi connectivity index (χ4v) is 6.70. The highest BCUT2D eigenvalue weighted by Gasteiger charge is 2.56. The average molecular weight is 664 g/mol. The highest BCUT2D eigenvalue weighted by atomic mass is 19.4. The molecule has 14 nitrogen and oxygen atoms in total. The molecular formula is C28H30F5N11O3. The average Bonchev–Trinajstić information content (AvgIpc) is 3.31. The molecule has 3 aliphatic rings. The van der Waals surface area contributed by atoms with E-state index in [4.69, 9.17) is 4.63 Å². The molecule has 1 saturated heterocycles. The molecular weight excluding hydrogens is 633 g/mol. The van der Waals surface area contributed by atoms with Crippen LogP contribution in [0.5, 0.6) is 0 Å². The molecule has 0 unspecified atom stereocenters. The Morgan fingerprint density at radius 3 is 2.60 bits per heavy atom. The molecule has 1 aliphatic heterocycles. The van der Waals surface area contributed by atoms with Crippen LogP contribution < -0.4 is 10.6 Å². The first-order valence-corrected chi connectivity index (χ1v) is 15.2. The maximum Gasteiger partial charge on any atom is 0.408 e. The van der Waals surface area contributed by atoms with Gasteiger partial charge in [-0.15, -0.1) is 10.2 Å². The number of nitrogens with one attached hydrogen (secondary N) is 2. The number of carbonyl (C=O) groups is 2. The second-order valence-corrected chi connectivity index (χ2v) is 12.8. The molecule has 5 heterocycles. The van der Waals surface area contributed by atoms with Crippen LogP contribution in [0.25, 0.3) is 5.65 Å². The lowest BCUT2D eigenvalue weighted by molar-refractivity contribution is -0.155. The molecule has 0 aromatic carbocycles. The van der Waals surface area contributed by atoms with E-state index in [1.165, 1.54) is 17.8 Å². The number of amides is 2. The summed E-state index contributed by atoms with van der Waals surface area (Å²) in [6.07, 6.45) is -1.24. The number of rotatable bonds is 9. The molecule has 250 valence electrons. The number of hydrogen-bond donors (Lipinski definition) is 2. The lowest BCUT2D eigenvalue weighted by Gasteiger charge is -2.33. The summed E-state index contributed by atoms with van der Waals surface area (Å²) >= 11 is 0. The van der Waals surface area contributed by atoms with Crippen LogP contribution in [0.2, 0.25) is 0 Å². The van der Waals surface area contributed by atoms with Crippen LogP contribution in [0.3, 0.4) is 0 Å². The quantitative estimate of drug-likeness (QED) is 0.254. The van der Waals surface area contributed by atoms with Crippen molar-refractivity contribution in [2.75, 3.05) is 0 Å². The van der Waals surface area contributed by atoms with Gasteiger partial charge in [0.2, 0.25) is 11.8 Å². The van der Waals surface area contributed by atoms with E-state index in [0.717, 1.165) is 17.6 Å². The standard InChI is InChI=1S/C28H30F5N11O3/c1-43-39-19(38-42-43)11-26(10-18(28(31,32)33)36-25(26)46)9-14-8-20-35-17(13-44(20)34-12-14)21(16-4-6-27(29,30)7-5-16)37-24(45)23-22(15-2-3-15)40-47-41-23/h8,12-13,15-16,18,21H,2-7,9-11H2,1H3,(H,36,46)(H,37,45)/t18-,21-,26-/m0/s1. The number of tetrazole rings is 1. The largest absolute Gasteiger partial charge is 0.408 e. The van der Waals surface area contributed by atoms with Crippen molar-refractivity contribution in [1.29, 1.82) is 0 Å². The molecule has 2 amide bonds. The van der Waals surface area contributed by atoms with E-state index in [1.54, 1.807) is 12.3 Å². The van der Waals surface area contributed by atoms with Crippen LogP contribution in [0.1, 0.15) is 90.2 Å². The molecule has 4 aromatic heterocycles. The molecule has 4 aromatic rings. The van der Waals surface area contributed by atoms with Crippen LogP contribution in [0.4, 0.5) is 22.0 Å². The monoisotopic (exact) mass is 663 g/mol. The second-order valence-electron chi connectivity index (χ2n) is 12.8. The number of imidazole rings is 1. The number of aromatic nitrogens is 9. The lowest BCUT2D eigenvalue weighted by atomic mass is 9.76. The van der Waals surface area contributed by atoms with Crippen molar-refractivity contribution in [2.45, 2.75) is 87.9 Å². The van der Waals surface area contributed by atoms with Crippen LogP contribution in [0, 0.1) is 11.3 Å². The topological polar surface area (TPSA) is 171 Å². The van der Waals surface area contributed by atoms with Crippen molar-refractivity contribution >= 4 is 17.5 Å². The number of halogens is 5. The Balaban J connectivity index is 1.18. The number of carbonyl (C=O) groups excluding carboxylic acids is 2. The van der Waals surface area contributed by atoms with Gasteiger partial charge >= 0.3 is 6.18 Å². The number of alkyl halides is 5. The van der Waals surface area contributed by atoms with E-state index >= 15 is 0 Å².